The first-order valence-corrected chi connectivity index (χ1v) is 10.9. The number of nitro groups is 1. The molecule has 1 aromatic carbocycles. The summed E-state index contributed by atoms with van der Waals surface area (Å²) >= 11 is 5.79. The summed E-state index contributed by atoms with van der Waals surface area (Å²) in [6.07, 6.45) is 2.76. The van der Waals surface area contributed by atoms with Crippen molar-refractivity contribution in [2.24, 2.45) is 0 Å². The molecular formula is C22H26ClN5O6. The first-order valence-electron chi connectivity index (χ1n) is 10.5. The summed E-state index contributed by atoms with van der Waals surface area (Å²) in [5.74, 6) is -1.38. The molecule has 1 heterocycles. The number of carbonyl (C=O) groups is 3. The molecule has 0 aliphatic rings. The molecule has 34 heavy (non-hydrogen) atoms. The molecular weight excluding hydrogens is 466 g/mol. The molecule has 0 bridgehead atoms. The van der Waals surface area contributed by atoms with Gasteiger partial charge in [0.15, 0.2) is 0 Å². The van der Waals surface area contributed by atoms with Crippen LogP contribution in [-0.2, 0) is 14.4 Å². The zero-order valence-corrected chi connectivity index (χ0v) is 19.3. The number of halogens is 1. The Hall–Kier alpha value is -3.73. The van der Waals surface area contributed by atoms with Crippen molar-refractivity contribution in [3.63, 3.8) is 0 Å². The lowest BCUT2D eigenvalue weighted by molar-refractivity contribution is -0.384. The van der Waals surface area contributed by atoms with Crippen LogP contribution in [-0.4, -0.2) is 45.9 Å². The summed E-state index contributed by atoms with van der Waals surface area (Å²) in [7, 11) is 0. The minimum atomic E-state index is -1.21. The van der Waals surface area contributed by atoms with Crippen molar-refractivity contribution in [1.82, 2.24) is 15.6 Å². The molecule has 1 atom stereocenters. The lowest BCUT2D eigenvalue weighted by Crippen LogP contribution is -2.39. The van der Waals surface area contributed by atoms with Gasteiger partial charge in [-0.2, -0.15) is 0 Å². The van der Waals surface area contributed by atoms with E-state index >= 15 is 0 Å². The van der Waals surface area contributed by atoms with E-state index in [9.17, 15) is 24.5 Å². The summed E-state index contributed by atoms with van der Waals surface area (Å²) < 4.78 is 0. The number of benzene rings is 1. The lowest BCUT2D eigenvalue weighted by atomic mass is 10.0. The van der Waals surface area contributed by atoms with Gasteiger partial charge in [0, 0.05) is 25.2 Å². The van der Waals surface area contributed by atoms with Gasteiger partial charge in [0.05, 0.1) is 23.9 Å². The number of nitrogens with one attached hydrogen (secondary N) is 3. The second-order valence-electron chi connectivity index (χ2n) is 7.56. The molecule has 0 saturated carbocycles. The molecule has 0 aliphatic carbocycles. The Morgan fingerprint density at radius 3 is 2.62 bits per heavy atom. The summed E-state index contributed by atoms with van der Waals surface area (Å²) in [5.41, 5.74) is 0.911. The highest BCUT2D eigenvalue weighted by Crippen LogP contribution is 2.28. The van der Waals surface area contributed by atoms with Crippen LogP contribution in [0.4, 0.5) is 11.5 Å². The number of nitro benzene ring substituents is 1. The molecule has 0 saturated heterocycles. The zero-order chi connectivity index (χ0) is 25.1. The molecule has 182 valence electrons. The van der Waals surface area contributed by atoms with Crippen LogP contribution in [0.25, 0.3) is 0 Å². The van der Waals surface area contributed by atoms with Gasteiger partial charge in [-0.25, -0.2) is 4.98 Å². The van der Waals surface area contributed by atoms with E-state index in [2.05, 4.69) is 20.9 Å². The molecule has 2 amide bonds. The fourth-order valence-electron chi connectivity index (χ4n) is 3.09. The van der Waals surface area contributed by atoms with E-state index in [0.29, 0.717) is 13.0 Å². The fraction of sp³-hybridized carbons (Fsp3) is 0.364. The van der Waals surface area contributed by atoms with Crippen LogP contribution in [0.1, 0.15) is 42.9 Å². The fourth-order valence-corrected chi connectivity index (χ4v) is 3.27. The smallest absolute Gasteiger partial charge is 0.305 e. The second-order valence-corrected chi connectivity index (χ2v) is 7.97. The number of unbranched alkanes of at least 4 members (excludes halogenated alkanes) is 1. The van der Waals surface area contributed by atoms with Crippen molar-refractivity contribution in [2.45, 2.75) is 38.6 Å². The number of hydrogen-bond acceptors (Lipinski definition) is 7. The van der Waals surface area contributed by atoms with Gasteiger partial charge in [-0.1, -0.05) is 17.7 Å². The summed E-state index contributed by atoms with van der Waals surface area (Å²) in [6.45, 7) is 2.26. The molecule has 1 aromatic heterocycles. The number of hydrogen-bond donors (Lipinski definition) is 4. The number of aromatic nitrogens is 1. The van der Waals surface area contributed by atoms with Crippen molar-refractivity contribution in [3.05, 3.63) is 62.8 Å². The van der Waals surface area contributed by atoms with E-state index in [1.165, 1.54) is 12.1 Å². The van der Waals surface area contributed by atoms with E-state index in [0.717, 1.165) is 23.9 Å². The second kappa shape index (κ2) is 13.1. The first-order chi connectivity index (χ1) is 16.2. The van der Waals surface area contributed by atoms with Gasteiger partial charge in [-0.05, 0) is 49.1 Å². The lowest BCUT2D eigenvalue weighted by Gasteiger charge is -2.18. The van der Waals surface area contributed by atoms with Crippen molar-refractivity contribution >= 4 is 40.9 Å². The highest BCUT2D eigenvalue weighted by molar-refractivity contribution is 6.32. The van der Waals surface area contributed by atoms with Crippen molar-refractivity contribution < 1.29 is 24.4 Å². The SMILES string of the molecule is Cc1ccnc(NCCCCC(=O)NCC(=O)NC(CC(=O)O)c2ccc(Cl)c([N+](=O)[O-])c2)c1. The number of carbonyl (C=O) groups excluding carboxylic acids is 2. The zero-order valence-electron chi connectivity index (χ0n) is 18.5. The standard InChI is InChI=1S/C22H26ClN5O6/c1-14-7-9-25-19(10-14)24-8-3-2-4-20(29)26-13-21(30)27-17(12-22(31)32)15-5-6-16(23)18(11-15)28(33)34/h5-7,9-11,17H,2-4,8,12-13H2,1H3,(H,24,25)(H,26,29)(H,27,30)(H,31,32). The molecule has 2 rings (SSSR count). The molecule has 0 fully saturated rings. The van der Waals surface area contributed by atoms with Crippen LogP contribution in [0.15, 0.2) is 36.5 Å². The van der Waals surface area contributed by atoms with Gasteiger partial charge in [-0.15, -0.1) is 0 Å². The molecule has 0 aliphatic heterocycles. The Morgan fingerprint density at radius 1 is 1.18 bits per heavy atom. The number of carboxylic acid groups (broad SMARTS) is 1. The summed E-state index contributed by atoms with van der Waals surface area (Å²) in [6, 6.07) is 6.58. The molecule has 2 aromatic rings. The van der Waals surface area contributed by atoms with Gasteiger partial charge in [0.2, 0.25) is 11.8 Å². The van der Waals surface area contributed by atoms with Crippen LogP contribution < -0.4 is 16.0 Å². The van der Waals surface area contributed by atoms with Gasteiger partial charge >= 0.3 is 5.97 Å². The average Bonchev–Trinajstić information content (AvgIpc) is 2.77. The maximum absolute atomic E-state index is 12.3. The number of aliphatic carboxylic acids is 1. The number of rotatable bonds is 13. The van der Waals surface area contributed by atoms with E-state index < -0.39 is 34.9 Å². The molecule has 1 unspecified atom stereocenters. The first kappa shape index (κ1) is 26.5. The maximum Gasteiger partial charge on any atom is 0.305 e. The Bertz CT molecular complexity index is 1050. The van der Waals surface area contributed by atoms with Crippen LogP contribution in [0.5, 0.6) is 0 Å². The summed E-state index contributed by atoms with van der Waals surface area (Å²) in [5, 5.41) is 28.3. The van der Waals surface area contributed by atoms with Crippen molar-refractivity contribution in [2.75, 3.05) is 18.4 Å². The highest BCUT2D eigenvalue weighted by Gasteiger charge is 2.22. The van der Waals surface area contributed by atoms with Gasteiger partial charge in [0.1, 0.15) is 10.8 Å². The minimum absolute atomic E-state index is 0.105. The molecule has 0 radical (unpaired) electrons. The Kier molecular flexibility index (Phi) is 10.2. The predicted molar refractivity (Wildman–Crippen MR) is 126 cm³/mol. The monoisotopic (exact) mass is 491 g/mol. The highest BCUT2D eigenvalue weighted by atomic mass is 35.5. The average molecular weight is 492 g/mol. The van der Waals surface area contributed by atoms with Crippen molar-refractivity contribution in [3.8, 4) is 0 Å². The topological polar surface area (TPSA) is 164 Å². The maximum atomic E-state index is 12.3. The summed E-state index contributed by atoms with van der Waals surface area (Å²) in [4.78, 5) is 50.1. The number of aryl methyl sites for hydroxylation is 1. The van der Waals surface area contributed by atoms with E-state index in [1.807, 2.05) is 19.1 Å². The Morgan fingerprint density at radius 2 is 1.94 bits per heavy atom. The van der Waals surface area contributed by atoms with E-state index in [-0.39, 0.29) is 29.5 Å². The number of amides is 2. The number of nitrogens with zero attached hydrogens (tertiary/aromatic N) is 2. The molecule has 0 spiro atoms. The van der Waals surface area contributed by atoms with E-state index in [1.54, 1.807) is 6.20 Å². The molecule has 12 heteroatoms. The molecule has 11 nitrogen and oxygen atoms in total. The van der Waals surface area contributed by atoms with E-state index in [4.69, 9.17) is 16.7 Å². The Balaban J connectivity index is 1.78. The number of pyridine rings is 1. The van der Waals surface area contributed by atoms with Crippen LogP contribution in [0, 0.1) is 17.0 Å². The Labute approximate surface area is 201 Å². The van der Waals surface area contributed by atoms with Crippen LogP contribution in [0.2, 0.25) is 5.02 Å². The van der Waals surface area contributed by atoms with Gasteiger partial charge in [0.25, 0.3) is 5.69 Å². The number of anilines is 1. The minimum Gasteiger partial charge on any atom is -0.481 e. The molecule has 4 N–H and O–H groups in total. The van der Waals surface area contributed by atoms with Gasteiger partial charge in [-0.3, -0.25) is 24.5 Å². The van der Waals surface area contributed by atoms with Crippen LogP contribution >= 0.6 is 11.6 Å². The third-order valence-corrected chi connectivity index (χ3v) is 5.10. The van der Waals surface area contributed by atoms with Crippen LogP contribution in [0.3, 0.4) is 0 Å². The quantitative estimate of drug-likeness (QED) is 0.189. The third kappa shape index (κ3) is 9.02. The third-order valence-electron chi connectivity index (χ3n) is 4.78. The van der Waals surface area contributed by atoms with Crippen molar-refractivity contribution in [1.29, 1.82) is 0 Å². The normalized spacial score (nSPS) is 11.4. The van der Waals surface area contributed by atoms with Gasteiger partial charge < -0.3 is 21.1 Å². The largest absolute Gasteiger partial charge is 0.481 e. The predicted octanol–water partition coefficient (Wildman–Crippen LogP) is 2.98. The number of carboxylic acids is 1.